The van der Waals surface area contributed by atoms with Crippen molar-refractivity contribution in [3.8, 4) is 11.5 Å². The van der Waals surface area contributed by atoms with E-state index in [1.165, 1.54) is 16.7 Å². The topological polar surface area (TPSA) is 21.7 Å². The average molecular weight is 704 g/mol. The molecule has 0 N–H and O–H groups in total. The van der Waals surface area contributed by atoms with Crippen LogP contribution < -0.4 is 14.4 Å². The fraction of sp³-hybridized carbons (Fsp3) is 0.0980. The van der Waals surface area contributed by atoms with Gasteiger partial charge in [-0.15, -0.1) is 0 Å². The van der Waals surface area contributed by atoms with Crippen LogP contribution in [0.3, 0.4) is 0 Å². The van der Waals surface area contributed by atoms with Crippen molar-refractivity contribution in [2.75, 3.05) is 19.1 Å². The van der Waals surface area contributed by atoms with E-state index in [9.17, 15) is 0 Å². The van der Waals surface area contributed by atoms with Crippen molar-refractivity contribution < 1.29 is 9.47 Å². The average Bonchev–Trinajstić information content (AvgIpc) is 3.24. The lowest BCUT2D eigenvalue weighted by atomic mass is 9.86. The Kier molecular flexibility index (Phi) is 11.8. The Hall–Kier alpha value is -6.58. The second kappa shape index (κ2) is 17.8. The lowest BCUT2D eigenvalue weighted by Gasteiger charge is -2.25. The predicted molar refractivity (Wildman–Crippen MR) is 228 cm³/mol. The summed E-state index contributed by atoms with van der Waals surface area (Å²) in [4.78, 5) is 2.26. The minimum atomic E-state index is 0.364. The second-order valence-corrected chi connectivity index (χ2v) is 13.3. The van der Waals surface area contributed by atoms with Crippen LogP contribution in [0.25, 0.3) is 24.3 Å². The zero-order valence-electron chi connectivity index (χ0n) is 30.9. The van der Waals surface area contributed by atoms with E-state index in [2.05, 4.69) is 187 Å². The number of nitrogens with zero attached hydrogens (tertiary/aromatic N) is 1. The molecule has 0 radical (unpaired) electrons. The molecule has 0 aliphatic carbocycles. The summed E-state index contributed by atoms with van der Waals surface area (Å²) < 4.78 is 11.7. The van der Waals surface area contributed by atoms with Crippen molar-refractivity contribution in [3.63, 3.8) is 0 Å². The number of anilines is 3. The normalized spacial score (nSPS) is 11.3. The lowest BCUT2D eigenvalue weighted by Crippen LogP contribution is -2.09. The summed E-state index contributed by atoms with van der Waals surface area (Å²) in [6.45, 7) is 0. The van der Waals surface area contributed by atoms with Crippen LogP contribution in [0.2, 0.25) is 0 Å². The van der Waals surface area contributed by atoms with Crippen LogP contribution >= 0.6 is 0 Å². The molecule has 7 rings (SSSR count). The molecule has 0 amide bonds. The minimum Gasteiger partial charge on any atom is -0.496 e. The van der Waals surface area contributed by atoms with Crippen LogP contribution in [-0.4, -0.2) is 14.2 Å². The van der Waals surface area contributed by atoms with Crippen LogP contribution in [0.15, 0.2) is 182 Å². The highest BCUT2D eigenvalue weighted by Crippen LogP contribution is 2.35. The Balaban J connectivity index is 1.04. The Labute approximate surface area is 320 Å². The molecule has 0 saturated carbocycles. The maximum Gasteiger partial charge on any atom is 0.126 e. The Morgan fingerprint density at radius 2 is 0.833 bits per heavy atom. The van der Waals surface area contributed by atoms with Gasteiger partial charge >= 0.3 is 0 Å². The Bertz CT molecular complexity index is 2180. The van der Waals surface area contributed by atoms with Crippen LogP contribution in [0.1, 0.15) is 51.3 Å². The highest BCUT2D eigenvalue weighted by molar-refractivity contribution is 5.81. The van der Waals surface area contributed by atoms with Gasteiger partial charge in [-0.05, 0) is 89.2 Å². The highest BCUT2D eigenvalue weighted by atomic mass is 16.5. The van der Waals surface area contributed by atoms with Gasteiger partial charge in [-0.2, -0.15) is 0 Å². The first kappa shape index (κ1) is 35.8. The maximum absolute atomic E-state index is 5.85. The molecular weight excluding hydrogens is 659 g/mol. The first-order valence-electron chi connectivity index (χ1n) is 18.5. The molecule has 0 heterocycles. The number of para-hydroxylation sites is 2. The van der Waals surface area contributed by atoms with Crippen molar-refractivity contribution >= 4 is 41.4 Å². The SMILES string of the molecule is COc1cc(/C=C/c2ccc(N(c3ccccc3)c3ccccc3)cc2)c(OC)cc1/C=C/c1ccc(CCC(c2ccccc2)c2ccccc2)cc1. The summed E-state index contributed by atoms with van der Waals surface area (Å²) >= 11 is 0. The van der Waals surface area contributed by atoms with Crippen LogP contribution in [0, 0.1) is 0 Å². The first-order valence-corrected chi connectivity index (χ1v) is 18.5. The van der Waals surface area contributed by atoms with Gasteiger partial charge in [0, 0.05) is 34.1 Å². The highest BCUT2D eigenvalue weighted by Gasteiger charge is 2.15. The summed E-state index contributed by atoms with van der Waals surface area (Å²) in [5.41, 5.74) is 11.5. The zero-order chi connectivity index (χ0) is 37.0. The van der Waals surface area contributed by atoms with E-state index in [4.69, 9.17) is 9.47 Å². The Morgan fingerprint density at radius 1 is 0.444 bits per heavy atom. The molecule has 0 aromatic heterocycles. The van der Waals surface area contributed by atoms with E-state index in [-0.39, 0.29) is 0 Å². The fourth-order valence-corrected chi connectivity index (χ4v) is 6.92. The van der Waals surface area contributed by atoms with Gasteiger partial charge in [0.15, 0.2) is 0 Å². The van der Waals surface area contributed by atoms with Crippen molar-refractivity contribution in [1.29, 1.82) is 0 Å². The van der Waals surface area contributed by atoms with Crippen molar-refractivity contribution in [2.45, 2.75) is 18.8 Å². The molecule has 0 bridgehead atoms. The summed E-state index contributed by atoms with van der Waals surface area (Å²) in [5, 5.41) is 0. The third kappa shape index (κ3) is 8.89. The van der Waals surface area contributed by atoms with Crippen molar-refractivity contribution in [3.05, 3.63) is 221 Å². The number of hydrogen-bond acceptors (Lipinski definition) is 3. The fourth-order valence-electron chi connectivity index (χ4n) is 6.92. The van der Waals surface area contributed by atoms with Crippen LogP contribution in [0.4, 0.5) is 17.1 Å². The standard InChI is InChI=1S/C51H45NO2/c1-53-50-38-45(33-28-41-29-34-48(35-30-41)52(46-19-11-5-12-20-46)47-21-13-6-14-22-47)51(54-2)37-44(50)32-27-39-23-25-40(26-24-39)31-36-49(42-15-7-3-8-16-42)43-17-9-4-10-18-43/h3-30,32-35,37-38,49H,31,36H2,1-2H3/b32-27+,33-28+. The van der Waals surface area contributed by atoms with Gasteiger partial charge in [0.25, 0.3) is 0 Å². The summed E-state index contributed by atoms with van der Waals surface area (Å²) in [5.74, 6) is 1.93. The van der Waals surface area contributed by atoms with Crippen LogP contribution in [-0.2, 0) is 6.42 Å². The Morgan fingerprint density at radius 3 is 1.26 bits per heavy atom. The van der Waals surface area contributed by atoms with E-state index < -0.39 is 0 Å². The molecule has 0 aliphatic heterocycles. The van der Waals surface area contributed by atoms with Gasteiger partial charge in [-0.1, -0.05) is 158 Å². The largest absolute Gasteiger partial charge is 0.496 e. The molecule has 0 spiro atoms. The molecule has 3 heteroatoms. The molecule has 0 aliphatic rings. The van der Waals surface area contributed by atoms with E-state index in [1.807, 2.05) is 24.3 Å². The van der Waals surface area contributed by atoms with E-state index >= 15 is 0 Å². The van der Waals surface area contributed by atoms with Crippen LogP contribution in [0.5, 0.6) is 11.5 Å². The van der Waals surface area contributed by atoms with Gasteiger partial charge < -0.3 is 14.4 Å². The molecule has 0 fully saturated rings. The molecular formula is C51H45NO2. The smallest absolute Gasteiger partial charge is 0.126 e. The second-order valence-electron chi connectivity index (χ2n) is 13.3. The third-order valence-electron chi connectivity index (χ3n) is 9.78. The van der Waals surface area contributed by atoms with Gasteiger partial charge in [-0.3, -0.25) is 0 Å². The minimum absolute atomic E-state index is 0.364. The summed E-state index contributed by atoms with van der Waals surface area (Å²) in [7, 11) is 3.42. The van der Waals surface area contributed by atoms with E-state index in [0.29, 0.717) is 5.92 Å². The molecule has 54 heavy (non-hydrogen) atoms. The van der Waals surface area contributed by atoms with Crippen molar-refractivity contribution in [1.82, 2.24) is 0 Å². The van der Waals surface area contributed by atoms with E-state index in [0.717, 1.165) is 63.7 Å². The number of hydrogen-bond donors (Lipinski definition) is 0. The lowest BCUT2D eigenvalue weighted by molar-refractivity contribution is 0.401. The summed E-state index contributed by atoms with van der Waals surface area (Å²) in [6.07, 6.45) is 10.5. The molecule has 266 valence electrons. The molecule has 0 atom stereocenters. The molecule has 7 aromatic carbocycles. The van der Waals surface area contributed by atoms with Gasteiger partial charge in [0.2, 0.25) is 0 Å². The number of benzene rings is 7. The monoisotopic (exact) mass is 703 g/mol. The predicted octanol–water partition coefficient (Wildman–Crippen LogP) is 13.3. The molecule has 7 aromatic rings. The number of rotatable bonds is 14. The van der Waals surface area contributed by atoms with Gasteiger partial charge in [-0.25, -0.2) is 0 Å². The van der Waals surface area contributed by atoms with E-state index in [1.54, 1.807) is 14.2 Å². The number of methoxy groups -OCH3 is 2. The first-order chi connectivity index (χ1) is 26.7. The number of ether oxygens (including phenoxy) is 2. The molecule has 0 unspecified atom stereocenters. The molecule has 0 saturated heterocycles. The van der Waals surface area contributed by atoms with Crippen molar-refractivity contribution in [2.24, 2.45) is 0 Å². The van der Waals surface area contributed by atoms with Gasteiger partial charge in [0.05, 0.1) is 14.2 Å². The zero-order valence-corrected chi connectivity index (χ0v) is 30.9. The quantitative estimate of drug-likeness (QED) is 0.105. The molecule has 3 nitrogen and oxygen atoms in total. The maximum atomic E-state index is 5.85. The van der Waals surface area contributed by atoms with Gasteiger partial charge in [0.1, 0.15) is 11.5 Å². The third-order valence-corrected chi connectivity index (χ3v) is 9.78. The summed E-state index contributed by atoms with van der Waals surface area (Å²) in [6, 6.07) is 64.1. The number of aryl methyl sites for hydroxylation is 1.